The molecular formula is C13H14Cl2N2O4. The van der Waals surface area contributed by atoms with Gasteiger partial charge in [-0.25, -0.2) is 0 Å². The smallest absolute Gasteiger partial charge is 0.271 e. The average molecular weight is 333 g/mol. The second-order valence-electron chi connectivity index (χ2n) is 5.22. The van der Waals surface area contributed by atoms with E-state index in [4.69, 9.17) is 23.2 Å². The number of carbonyl (C=O) groups is 1. The fourth-order valence-electron chi connectivity index (χ4n) is 2.36. The molecule has 8 heteroatoms. The van der Waals surface area contributed by atoms with E-state index < -0.39 is 10.8 Å². The molecule has 0 radical (unpaired) electrons. The highest BCUT2D eigenvalue weighted by atomic mass is 35.5. The summed E-state index contributed by atoms with van der Waals surface area (Å²) >= 11 is 11.8. The highest BCUT2D eigenvalue weighted by molar-refractivity contribution is 6.44. The highest BCUT2D eigenvalue weighted by Gasteiger charge is 2.30. The number of benzene rings is 1. The summed E-state index contributed by atoms with van der Waals surface area (Å²) < 4.78 is 0. The Morgan fingerprint density at radius 2 is 2.10 bits per heavy atom. The van der Waals surface area contributed by atoms with Crippen molar-refractivity contribution in [1.82, 2.24) is 4.90 Å². The van der Waals surface area contributed by atoms with Gasteiger partial charge in [0.15, 0.2) is 0 Å². The Bertz CT molecular complexity index is 588. The molecule has 1 amide bonds. The quantitative estimate of drug-likeness (QED) is 0.678. The maximum Gasteiger partial charge on any atom is 0.271 e. The second kappa shape index (κ2) is 6.17. The minimum absolute atomic E-state index is 0.00719. The van der Waals surface area contributed by atoms with E-state index in [0.717, 1.165) is 12.1 Å². The van der Waals surface area contributed by atoms with Gasteiger partial charge in [-0.3, -0.25) is 14.9 Å². The zero-order valence-corrected chi connectivity index (χ0v) is 12.8. The number of halogens is 2. The summed E-state index contributed by atoms with van der Waals surface area (Å²) in [7, 11) is 1.59. The number of nitro groups is 1. The number of amides is 1. The van der Waals surface area contributed by atoms with Crippen molar-refractivity contribution in [3.63, 3.8) is 0 Å². The first-order valence-electron chi connectivity index (χ1n) is 6.36. The molecule has 1 aromatic rings. The Labute approximate surface area is 131 Å². The molecule has 1 aliphatic carbocycles. The van der Waals surface area contributed by atoms with Crippen LogP contribution in [0.15, 0.2) is 12.1 Å². The molecule has 0 bridgehead atoms. The van der Waals surface area contributed by atoms with Crippen LogP contribution in [0.4, 0.5) is 5.69 Å². The van der Waals surface area contributed by atoms with Crippen LogP contribution in [0.25, 0.3) is 0 Å². The van der Waals surface area contributed by atoms with Gasteiger partial charge in [0.2, 0.25) is 0 Å². The minimum atomic E-state index is -0.624. The topological polar surface area (TPSA) is 83.7 Å². The van der Waals surface area contributed by atoms with E-state index in [1.807, 2.05) is 0 Å². The molecule has 1 aromatic carbocycles. The zero-order chi connectivity index (χ0) is 15.7. The van der Waals surface area contributed by atoms with Gasteiger partial charge in [0.05, 0.1) is 26.6 Å². The van der Waals surface area contributed by atoms with Gasteiger partial charge < -0.3 is 10.0 Å². The standard InChI is InChI=1S/C13H14Cl2N2O4/c1-16(6-7-2-9(18)3-7)13(19)10-4-8(17(20)21)5-11(14)12(10)15/h4-5,7,9,18H,2-3,6H2,1H3. The Kier molecular flexibility index (Phi) is 4.70. The molecule has 0 unspecified atom stereocenters. The lowest BCUT2D eigenvalue weighted by Crippen LogP contribution is -2.39. The Morgan fingerprint density at radius 1 is 1.48 bits per heavy atom. The number of aliphatic hydroxyl groups is 1. The molecule has 114 valence electrons. The van der Waals surface area contributed by atoms with Crippen LogP contribution >= 0.6 is 23.2 Å². The van der Waals surface area contributed by atoms with E-state index >= 15 is 0 Å². The van der Waals surface area contributed by atoms with Crippen LogP contribution in [0, 0.1) is 16.0 Å². The summed E-state index contributed by atoms with van der Waals surface area (Å²) in [5.41, 5.74) is -0.265. The first kappa shape index (κ1) is 16.0. The number of nitrogens with zero attached hydrogens (tertiary/aromatic N) is 2. The lowest BCUT2D eigenvalue weighted by atomic mass is 9.82. The molecular weight excluding hydrogens is 319 g/mol. The number of aliphatic hydroxyl groups excluding tert-OH is 1. The molecule has 1 saturated carbocycles. The predicted octanol–water partition coefficient (Wildman–Crippen LogP) is 2.74. The third-order valence-corrected chi connectivity index (χ3v) is 4.35. The van der Waals surface area contributed by atoms with Gasteiger partial charge in [-0.05, 0) is 18.8 Å². The van der Waals surface area contributed by atoms with Gasteiger partial charge in [0, 0.05) is 25.7 Å². The summed E-state index contributed by atoms with van der Waals surface area (Å²) in [5, 5.41) is 20.1. The molecule has 6 nitrogen and oxygen atoms in total. The van der Waals surface area contributed by atoms with Crippen LogP contribution < -0.4 is 0 Å². The number of hydrogen-bond donors (Lipinski definition) is 1. The molecule has 0 spiro atoms. The fraction of sp³-hybridized carbons (Fsp3) is 0.462. The third-order valence-electron chi connectivity index (χ3n) is 3.54. The van der Waals surface area contributed by atoms with Crippen LogP contribution in [0.1, 0.15) is 23.2 Å². The van der Waals surface area contributed by atoms with Crippen molar-refractivity contribution in [2.75, 3.05) is 13.6 Å². The van der Waals surface area contributed by atoms with Gasteiger partial charge in [0.25, 0.3) is 11.6 Å². The summed E-state index contributed by atoms with van der Waals surface area (Å²) in [6, 6.07) is 2.24. The third kappa shape index (κ3) is 3.45. The zero-order valence-electron chi connectivity index (χ0n) is 11.3. The summed E-state index contributed by atoms with van der Waals surface area (Å²) in [6.07, 6.45) is 1.01. The number of non-ortho nitro benzene ring substituents is 1. The molecule has 0 heterocycles. The van der Waals surface area contributed by atoms with Gasteiger partial charge in [-0.15, -0.1) is 0 Å². The predicted molar refractivity (Wildman–Crippen MR) is 78.8 cm³/mol. The van der Waals surface area contributed by atoms with Gasteiger partial charge in [-0.2, -0.15) is 0 Å². The number of nitro benzene ring substituents is 1. The van der Waals surface area contributed by atoms with E-state index in [1.165, 1.54) is 4.90 Å². The first-order chi connectivity index (χ1) is 9.79. The van der Waals surface area contributed by atoms with Crippen LogP contribution in [0.2, 0.25) is 10.0 Å². The van der Waals surface area contributed by atoms with E-state index in [1.54, 1.807) is 7.05 Å². The Balaban J connectivity index is 2.19. The van der Waals surface area contributed by atoms with E-state index in [-0.39, 0.29) is 33.3 Å². The molecule has 0 atom stereocenters. The molecule has 1 fully saturated rings. The number of carbonyl (C=O) groups excluding carboxylic acids is 1. The van der Waals surface area contributed by atoms with Gasteiger partial charge >= 0.3 is 0 Å². The molecule has 21 heavy (non-hydrogen) atoms. The Hall–Kier alpha value is -1.37. The molecule has 2 rings (SSSR count). The summed E-state index contributed by atoms with van der Waals surface area (Å²) in [6.45, 7) is 0.465. The van der Waals surface area contributed by atoms with Crippen LogP contribution in [-0.2, 0) is 0 Å². The van der Waals surface area contributed by atoms with Crippen molar-refractivity contribution < 1.29 is 14.8 Å². The van der Waals surface area contributed by atoms with E-state index in [0.29, 0.717) is 19.4 Å². The maximum absolute atomic E-state index is 12.3. The lowest BCUT2D eigenvalue weighted by molar-refractivity contribution is -0.384. The molecule has 1 aliphatic rings. The van der Waals surface area contributed by atoms with Crippen molar-refractivity contribution in [3.8, 4) is 0 Å². The molecule has 0 aliphatic heterocycles. The SMILES string of the molecule is CN(CC1CC(O)C1)C(=O)c1cc([N+](=O)[O-])cc(Cl)c1Cl. The summed E-state index contributed by atoms with van der Waals surface area (Å²) in [5.74, 6) is -0.186. The normalized spacial score (nSPS) is 20.8. The number of rotatable bonds is 4. The number of hydrogen-bond acceptors (Lipinski definition) is 4. The molecule has 1 N–H and O–H groups in total. The van der Waals surface area contributed by atoms with E-state index in [9.17, 15) is 20.0 Å². The van der Waals surface area contributed by atoms with Crippen LogP contribution in [0.3, 0.4) is 0 Å². The molecule has 0 saturated heterocycles. The van der Waals surface area contributed by atoms with Crippen molar-refractivity contribution in [1.29, 1.82) is 0 Å². The van der Waals surface area contributed by atoms with Crippen molar-refractivity contribution >= 4 is 34.8 Å². The van der Waals surface area contributed by atoms with Crippen molar-refractivity contribution in [3.05, 3.63) is 37.9 Å². The second-order valence-corrected chi connectivity index (χ2v) is 6.01. The Morgan fingerprint density at radius 3 is 2.62 bits per heavy atom. The minimum Gasteiger partial charge on any atom is -0.393 e. The first-order valence-corrected chi connectivity index (χ1v) is 7.12. The van der Waals surface area contributed by atoms with Crippen molar-refractivity contribution in [2.24, 2.45) is 5.92 Å². The van der Waals surface area contributed by atoms with Gasteiger partial charge in [-0.1, -0.05) is 23.2 Å². The monoisotopic (exact) mass is 332 g/mol. The van der Waals surface area contributed by atoms with Crippen molar-refractivity contribution in [2.45, 2.75) is 18.9 Å². The average Bonchev–Trinajstić information content (AvgIpc) is 2.38. The largest absolute Gasteiger partial charge is 0.393 e. The molecule has 0 aromatic heterocycles. The highest BCUT2D eigenvalue weighted by Crippen LogP contribution is 2.32. The van der Waals surface area contributed by atoms with Gasteiger partial charge in [0.1, 0.15) is 0 Å². The maximum atomic E-state index is 12.3. The fourth-order valence-corrected chi connectivity index (χ4v) is 2.76. The van der Waals surface area contributed by atoms with E-state index in [2.05, 4.69) is 0 Å². The lowest BCUT2D eigenvalue weighted by Gasteiger charge is -2.34. The van der Waals surface area contributed by atoms with Crippen LogP contribution in [-0.4, -0.2) is 40.5 Å². The van der Waals surface area contributed by atoms with Crippen LogP contribution in [0.5, 0.6) is 0 Å². The summed E-state index contributed by atoms with van der Waals surface area (Å²) in [4.78, 5) is 24.0.